The number of halogens is 2. The quantitative estimate of drug-likeness (QED) is 0.865. The first-order chi connectivity index (χ1) is 7.10. The van der Waals surface area contributed by atoms with Crippen molar-refractivity contribution in [1.82, 2.24) is 0 Å². The molecule has 0 radical (unpaired) electrons. The summed E-state index contributed by atoms with van der Waals surface area (Å²) in [6.07, 6.45) is 2.21. The maximum absolute atomic E-state index is 6.21. The lowest BCUT2D eigenvalue weighted by atomic mass is 9.90. The molecule has 0 aliphatic heterocycles. The summed E-state index contributed by atoms with van der Waals surface area (Å²) in [6.45, 7) is 4.35. The molecule has 0 aliphatic rings. The first kappa shape index (κ1) is 13.0. The number of hydrogen-bond donors (Lipinski definition) is 1. The van der Waals surface area contributed by atoms with E-state index in [1.54, 1.807) is 0 Å². The van der Waals surface area contributed by atoms with Gasteiger partial charge in [0.05, 0.1) is 5.02 Å². The van der Waals surface area contributed by atoms with E-state index >= 15 is 0 Å². The maximum Gasteiger partial charge on any atom is 0.0551 e. The van der Waals surface area contributed by atoms with E-state index in [1.165, 1.54) is 0 Å². The van der Waals surface area contributed by atoms with Crippen molar-refractivity contribution in [2.24, 2.45) is 11.7 Å². The molecule has 0 amide bonds. The average molecular weight is 291 g/mol. The molecule has 2 N–H and O–H groups in total. The molecule has 15 heavy (non-hydrogen) atoms. The molecule has 0 bridgehead atoms. The minimum Gasteiger partial charge on any atom is -0.324 e. The van der Waals surface area contributed by atoms with Gasteiger partial charge in [-0.25, -0.2) is 0 Å². The monoisotopic (exact) mass is 289 g/mol. The maximum atomic E-state index is 6.21. The third kappa shape index (κ3) is 3.20. The zero-order valence-corrected chi connectivity index (χ0v) is 11.5. The zero-order chi connectivity index (χ0) is 11.4. The molecule has 1 rings (SSSR count). The first-order valence-corrected chi connectivity index (χ1v) is 6.47. The molecule has 0 heterocycles. The van der Waals surface area contributed by atoms with Crippen molar-refractivity contribution in [3.8, 4) is 0 Å². The van der Waals surface area contributed by atoms with Crippen LogP contribution in [-0.2, 0) is 0 Å². The molecule has 0 spiro atoms. The molecule has 1 unspecified atom stereocenters. The lowest BCUT2D eigenvalue weighted by Gasteiger charge is -2.21. The summed E-state index contributed by atoms with van der Waals surface area (Å²) < 4.78 is 0.921. The molecule has 0 fully saturated rings. The van der Waals surface area contributed by atoms with Crippen molar-refractivity contribution < 1.29 is 0 Å². The molecular weight excluding hydrogens is 273 g/mol. The SMILES string of the molecule is CCC(CC)C(N)c1ccc(Br)c(Cl)c1. The van der Waals surface area contributed by atoms with Gasteiger partial charge in [-0.1, -0.05) is 44.4 Å². The van der Waals surface area contributed by atoms with E-state index in [0.29, 0.717) is 5.92 Å². The van der Waals surface area contributed by atoms with Crippen molar-refractivity contribution in [2.45, 2.75) is 32.7 Å². The van der Waals surface area contributed by atoms with E-state index in [0.717, 1.165) is 27.9 Å². The summed E-state index contributed by atoms with van der Waals surface area (Å²) in [6, 6.07) is 6.04. The van der Waals surface area contributed by atoms with Gasteiger partial charge in [-0.05, 0) is 39.5 Å². The third-order valence-electron chi connectivity index (χ3n) is 2.89. The Bertz CT molecular complexity index is 323. The van der Waals surface area contributed by atoms with Gasteiger partial charge < -0.3 is 5.73 Å². The molecule has 0 saturated heterocycles. The minimum absolute atomic E-state index is 0.0885. The summed E-state index contributed by atoms with van der Waals surface area (Å²) >= 11 is 9.42. The van der Waals surface area contributed by atoms with Gasteiger partial charge in [-0.2, -0.15) is 0 Å². The largest absolute Gasteiger partial charge is 0.324 e. The summed E-state index contributed by atoms with van der Waals surface area (Å²) in [5.41, 5.74) is 7.33. The lowest BCUT2D eigenvalue weighted by molar-refractivity contribution is 0.405. The van der Waals surface area contributed by atoms with E-state index in [4.69, 9.17) is 17.3 Å². The summed E-state index contributed by atoms with van der Waals surface area (Å²) in [5.74, 6) is 0.530. The second-order valence-electron chi connectivity index (χ2n) is 3.78. The van der Waals surface area contributed by atoms with Crippen molar-refractivity contribution in [2.75, 3.05) is 0 Å². The van der Waals surface area contributed by atoms with Crippen LogP contribution in [0.3, 0.4) is 0 Å². The van der Waals surface area contributed by atoms with Gasteiger partial charge >= 0.3 is 0 Å². The van der Waals surface area contributed by atoms with Crippen LogP contribution in [0.2, 0.25) is 5.02 Å². The van der Waals surface area contributed by atoms with Gasteiger partial charge in [0, 0.05) is 10.5 Å². The highest BCUT2D eigenvalue weighted by molar-refractivity contribution is 9.10. The van der Waals surface area contributed by atoms with Crippen LogP contribution in [0.4, 0.5) is 0 Å². The standard InChI is InChI=1S/C12H17BrClN/c1-3-8(4-2)12(15)9-5-6-10(13)11(14)7-9/h5-8,12H,3-4,15H2,1-2H3. The van der Waals surface area contributed by atoms with E-state index < -0.39 is 0 Å². The molecule has 1 aromatic rings. The molecule has 1 aromatic carbocycles. The Labute approximate surface area is 105 Å². The molecule has 84 valence electrons. The van der Waals surface area contributed by atoms with Crippen LogP contribution in [0.5, 0.6) is 0 Å². The highest BCUT2D eigenvalue weighted by Gasteiger charge is 2.16. The zero-order valence-electron chi connectivity index (χ0n) is 9.13. The molecular formula is C12H17BrClN. The number of benzene rings is 1. The Morgan fingerprint density at radius 3 is 2.40 bits per heavy atom. The fraction of sp³-hybridized carbons (Fsp3) is 0.500. The van der Waals surface area contributed by atoms with Crippen LogP contribution < -0.4 is 5.73 Å². The predicted octanol–water partition coefficient (Wildman–Crippen LogP) is 4.54. The molecule has 3 heteroatoms. The average Bonchev–Trinajstić information content (AvgIpc) is 2.23. The van der Waals surface area contributed by atoms with Crippen LogP contribution in [0.25, 0.3) is 0 Å². The highest BCUT2D eigenvalue weighted by atomic mass is 79.9. The molecule has 0 aromatic heterocycles. The second-order valence-corrected chi connectivity index (χ2v) is 5.04. The van der Waals surface area contributed by atoms with Gasteiger partial charge in [0.25, 0.3) is 0 Å². The van der Waals surface area contributed by atoms with Crippen LogP contribution in [0.1, 0.15) is 38.3 Å². The van der Waals surface area contributed by atoms with Crippen molar-refractivity contribution in [3.63, 3.8) is 0 Å². The fourth-order valence-electron chi connectivity index (χ4n) is 1.79. The van der Waals surface area contributed by atoms with Crippen molar-refractivity contribution in [1.29, 1.82) is 0 Å². The van der Waals surface area contributed by atoms with Crippen LogP contribution >= 0.6 is 27.5 Å². The van der Waals surface area contributed by atoms with Crippen molar-refractivity contribution >= 4 is 27.5 Å². The van der Waals surface area contributed by atoms with Gasteiger partial charge in [0.2, 0.25) is 0 Å². The third-order valence-corrected chi connectivity index (χ3v) is 4.12. The Kier molecular flexibility index (Phi) is 5.10. The topological polar surface area (TPSA) is 26.0 Å². The van der Waals surface area contributed by atoms with Crippen LogP contribution in [0, 0.1) is 5.92 Å². The Morgan fingerprint density at radius 2 is 1.93 bits per heavy atom. The molecule has 1 atom stereocenters. The van der Waals surface area contributed by atoms with E-state index in [2.05, 4.69) is 29.8 Å². The normalized spacial score (nSPS) is 13.2. The number of rotatable bonds is 4. The van der Waals surface area contributed by atoms with Crippen molar-refractivity contribution in [3.05, 3.63) is 33.3 Å². The summed E-state index contributed by atoms with van der Waals surface area (Å²) in [4.78, 5) is 0. The highest BCUT2D eigenvalue weighted by Crippen LogP contribution is 2.30. The van der Waals surface area contributed by atoms with Gasteiger partial charge in [0.1, 0.15) is 0 Å². The van der Waals surface area contributed by atoms with E-state index in [9.17, 15) is 0 Å². The van der Waals surface area contributed by atoms with Gasteiger partial charge in [0.15, 0.2) is 0 Å². The number of hydrogen-bond acceptors (Lipinski definition) is 1. The number of nitrogens with two attached hydrogens (primary N) is 1. The molecule has 1 nitrogen and oxygen atoms in total. The first-order valence-electron chi connectivity index (χ1n) is 5.30. The molecule has 0 aliphatic carbocycles. The Morgan fingerprint density at radius 1 is 1.33 bits per heavy atom. The van der Waals surface area contributed by atoms with Gasteiger partial charge in [-0.15, -0.1) is 0 Å². The van der Waals surface area contributed by atoms with E-state index in [1.807, 2.05) is 18.2 Å². The Balaban J connectivity index is 2.90. The van der Waals surface area contributed by atoms with Crippen LogP contribution in [-0.4, -0.2) is 0 Å². The second kappa shape index (κ2) is 5.88. The summed E-state index contributed by atoms with van der Waals surface area (Å²) in [5, 5.41) is 0.730. The van der Waals surface area contributed by atoms with E-state index in [-0.39, 0.29) is 6.04 Å². The summed E-state index contributed by atoms with van der Waals surface area (Å²) in [7, 11) is 0. The smallest absolute Gasteiger partial charge is 0.0551 e. The predicted molar refractivity (Wildman–Crippen MR) is 70.2 cm³/mol. The van der Waals surface area contributed by atoms with Crippen LogP contribution in [0.15, 0.2) is 22.7 Å². The van der Waals surface area contributed by atoms with Gasteiger partial charge in [-0.3, -0.25) is 0 Å². The fourth-order valence-corrected chi connectivity index (χ4v) is 2.22. The Hall–Kier alpha value is -0.0500. The lowest BCUT2D eigenvalue weighted by Crippen LogP contribution is -2.20. The minimum atomic E-state index is 0.0885. The molecule has 0 saturated carbocycles.